The number of piperazine rings is 1. The second kappa shape index (κ2) is 7.36. The normalized spacial score (nSPS) is 28.3. The zero-order valence-electron chi connectivity index (χ0n) is 16.5. The van der Waals surface area contributed by atoms with Crippen molar-refractivity contribution in [3.8, 4) is 0 Å². The fourth-order valence-electron chi connectivity index (χ4n) is 4.78. The number of carbonyl (C=O) groups is 1. The summed E-state index contributed by atoms with van der Waals surface area (Å²) < 4.78 is 5.61. The first-order valence-electron chi connectivity index (χ1n) is 10.2. The molecule has 1 N–H and O–H groups in total. The minimum absolute atomic E-state index is 0.126. The van der Waals surface area contributed by atoms with E-state index in [4.69, 9.17) is 4.74 Å². The Hall–Kier alpha value is -1.73. The zero-order valence-corrected chi connectivity index (χ0v) is 16.5. The number of H-pyrrole nitrogens is 1. The van der Waals surface area contributed by atoms with Crippen LogP contribution >= 0.6 is 0 Å². The van der Waals surface area contributed by atoms with Gasteiger partial charge in [0.25, 0.3) is 11.5 Å². The van der Waals surface area contributed by atoms with E-state index in [2.05, 4.69) is 14.9 Å². The van der Waals surface area contributed by atoms with Crippen LogP contribution in [0.2, 0.25) is 0 Å². The zero-order chi connectivity index (χ0) is 19.1. The van der Waals surface area contributed by atoms with Crippen molar-refractivity contribution < 1.29 is 9.53 Å². The fourth-order valence-corrected chi connectivity index (χ4v) is 4.78. The molecule has 3 fully saturated rings. The minimum atomic E-state index is -0.310. The monoisotopic (exact) mass is 374 g/mol. The van der Waals surface area contributed by atoms with Crippen molar-refractivity contribution in [1.29, 1.82) is 0 Å². The number of hydrogen-bond donors (Lipinski definition) is 1. The molecule has 4 rings (SSSR count). The van der Waals surface area contributed by atoms with Gasteiger partial charge in [0.05, 0.1) is 12.3 Å². The number of amides is 1. The highest BCUT2D eigenvalue weighted by Gasteiger charge is 2.46. The molecule has 3 aliphatic heterocycles. The van der Waals surface area contributed by atoms with Gasteiger partial charge in [-0.1, -0.05) is 13.8 Å². The average molecular weight is 374 g/mol. The topological polar surface area (TPSA) is 78.5 Å². The Morgan fingerprint density at radius 3 is 2.74 bits per heavy atom. The molecule has 1 amide bonds. The molecule has 0 aliphatic carbocycles. The summed E-state index contributed by atoms with van der Waals surface area (Å²) in [5.41, 5.74) is 0.431. The Morgan fingerprint density at radius 2 is 2.15 bits per heavy atom. The number of aromatic amines is 1. The highest BCUT2D eigenvalue weighted by atomic mass is 16.5. The van der Waals surface area contributed by atoms with Crippen molar-refractivity contribution in [3.05, 3.63) is 27.4 Å². The Labute approximate surface area is 160 Å². The molecule has 1 aromatic heterocycles. The number of aryl methyl sites for hydroxylation is 1. The highest BCUT2D eigenvalue weighted by Crippen LogP contribution is 2.33. The van der Waals surface area contributed by atoms with E-state index < -0.39 is 0 Å². The maximum atomic E-state index is 13.1. The molecule has 1 unspecified atom stereocenters. The van der Waals surface area contributed by atoms with E-state index in [9.17, 15) is 9.59 Å². The first kappa shape index (κ1) is 18.6. The first-order valence-corrected chi connectivity index (χ1v) is 10.2. The van der Waals surface area contributed by atoms with Gasteiger partial charge in [0.2, 0.25) is 0 Å². The van der Waals surface area contributed by atoms with Gasteiger partial charge >= 0.3 is 0 Å². The van der Waals surface area contributed by atoms with Crippen LogP contribution in [0.3, 0.4) is 0 Å². The molecule has 0 radical (unpaired) electrons. The van der Waals surface area contributed by atoms with E-state index in [1.54, 1.807) is 6.92 Å². The average Bonchev–Trinajstić information content (AvgIpc) is 3.22. The molecule has 4 heterocycles. The number of nitrogens with zero attached hydrogens (tertiary/aromatic N) is 3. The van der Waals surface area contributed by atoms with Gasteiger partial charge in [-0.3, -0.25) is 14.5 Å². The van der Waals surface area contributed by atoms with Gasteiger partial charge in [0, 0.05) is 44.2 Å². The highest BCUT2D eigenvalue weighted by molar-refractivity contribution is 5.95. The quantitative estimate of drug-likeness (QED) is 0.865. The van der Waals surface area contributed by atoms with Crippen LogP contribution < -0.4 is 5.56 Å². The molecule has 0 aromatic carbocycles. The summed E-state index contributed by atoms with van der Waals surface area (Å²) in [5.74, 6) is 1.21. The Bertz CT molecular complexity index is 769. The van der Waals surface area contributed by atoms with Gasteiger partial charge in [0.1, 0.15) is 11.4 Å². The van der Waals surface area contributed by atoms with Gasteiger partial charge in [0.15, 0.2) is 0 Å². The van der Waals surface area contributed by atoms with Crippen LogP contribution in [0.1, 0.15) is 60.9 Å². The van der Waals surface area contributed by atoms with Gasteiger partial charge < -0.3 is 14.6 Å². The van der Waals surface area contributed by atoms with Crippen molar-refractivity contribution in [2.45, 2.75) is 58.0 Å². The number of aromatic nitrogens is 2. The van der Waals surface area contributed by atoms with Crippen LogP contribution in [0, 0.1) is 12.8 Å². The summed E-state index contributed by atoms with van der Waals surface area (Å²) in [6.45, 7) is 10.1. The lowest BCUT2D eigenvalue weighted by molar-refractivity contribution is 0.0261. The predicted molar refractivity (Wildman–Crippen MR) is 102 cm³/mol. The number of rotatable bonds is 4. The second-order valence-electron chi connectivity index (χ2n) is 8.60. The molecule has 3 saturated heterocycles. The van der Waals surface area contributed by atoms with Crippen molar-refractivity contribution in [2.75, 3.05) is 32.8 Å². The van der Waals surface area contributed by atoms with Crippen LogP contribution in [0.25, 0.3) is 0 Å². The Balaban J connectivity index is 1.44. The Kier molecular flexibility index (Phi) is 5.07. The van der Waals surface area contributed by atoms with Crippen LogP contribution in [-0.4, -0.2) is 70.6 Å². The first-order chi connectivity index (χ1) is 12.9. The molecule has 0 saturated carbocycles. The largest absolute Gasteiger partial charge is 0.381 e. The van der Waals surface area contributed by atoms with E-state index in [1.807, 2.05) is 18.7 Å². The third kappa shape index (κ3) is 3.55. The van der Waals surface area contributed by atoms with Crippen LogP contribution in [0.4, 0.5) is 0 Å². The molecule has 3 aliphatic rings. The maximum absolute atomic E-state index is 13.1. The number of nitrogens with one attached hydrogen (secondary N) is 1. The van der Waals surface area contributed by atoms with E-state index in [-0.39, 0.29) is 29.0 Å². The lowest BCUT2D eigenvalue weighted by Crippen LogP contribution is -2.51. The van der Waals surface area contributed by atoms with Crippen LogP contribution in [0.5, 0.6) is 0 Å². The fraction of sp³-hybridized carbons (Fsp3) is 0.750. The Morgan fingerprint density at radius 1 is 1.33 bits per heavy atom. The molecular weight excluding hydrogens is 344 g/mol. The van der Waals surface area contributed by atoms with Gasteiger partial charge in [-0.2, -0.15) is 0 Å². The SMILES string of the molecule is Cc1nc(C(C)C)[nH]c(=O)c1C(=O)N1C[C@@H]2C[C@H]1CN2CC1CCCOC1. The molecule has 7 heteroatoms. The minimum Gasteiger partial charge on any atom is -0.381 e. The van der Waals surface area contributed by atoms with Gasteiger partial charge in [-0.15, -0.1) is 0 Å². The molecular formula is C20H30N4O3. The van der Waals surface area contributed by atoms with Crippen molar-refractivity contribution >= 4 is 5.91 Å². The molecule has 1 aromatic rings. The number of likely N-dealkylation sites (tertiary alicyclic amines) is 2. The lowest BCUT2D eigenvalue weighted by atomic mass is 10.0. The lowest BCUT2D eigenvalue weighted by Gasteiger charge is -2.36. The molecule has 148 valence electrons. The number of carbonyl (C=O) groups excluding carboxylic acids is 1. The van der Waals surface area contributed by atoms with Crippen molar-refractivity contribution in [1.82, 2.24) is 19.8 Å². The third-order valence-electron chi connectivity index (χ3n) is 6.24. The summed E-state index contributed by atoms with van der Waals surface area (Å²) in [7, 11) is 0. The number of hydrogen-bond acceptors (Lipinski definition) is 5. The van der Waals surface area contributed by atoms with E-state index in [1.165, 1.54) is 6.42 Å². The van der Waals surface area contributed by atoms with E-state index >= 15 is 0 Å². The summed E-state index contributed by atoms with van der Waals surface area (Å²) in [6.07, 6.45) is 3.39. The standard InChI is InChI=1S/C20H30N4O3/c1-12(2)18-21-13(3)17(19(25)22-18)20(26)24-10-15-7-16(24)9-23(15)8-14-5-4-6-27-11-14/h12,14-16H,4-11H2,1-3H3,(H,21,22,25)/t14?,15-,16-/m0/s1. The summed E-state index contributed by atoms with van der Waals surface area (Å²) in [4.78, 5) is 37.3. The molecule has 27 heavy (non-hydrogen) atoms. The smallest absolute Gasteiger partial charge is 0.264 e. The second-order valence-corrected chi connectivity index (χ2v) is 8.60. The van der Waals surface area contributed by atoms with Crippen LogP contribution in [0.15, 0.2) is 4.79 Å². The third-order valence-corrected chi connectivity index (χ3v) is 6.24. The number of fused-ring (bicyclic) bond motifs is 2. The van der Waals surface area contributed by atoms with Crippen molar-refractivity contribution in [3.63, 3.8) is 0 Å². The van der Waals surface area contributed by atoms with Crippen molar-refractivity contribution in [2.24, 2.45) is 5.92 Å². The maximum Gasteiger partial charge on any atom is 0.264 e. The molecule has 0 spiro atoms. The molecule has 3 atom stereocenters. The summed E-state index contributed by atoms with van der Waals surface area (Å²) in [5, 5.41) is 0. The van der Waals surface area contributed by atoms with Crippen LogP contribution in [-0.2, 0) is 4.74 Å². The van der Waals surface area contributed by atoms with Gasteiger partial charge in [-0.05, 0) is 32.1 Å². The summed E-state index contributed by atoms with van der Waals surface area (Å²) in [6, 6.07) is 0.610. The number of ether oxygens (including phenoxy) is 1. The van der Waals surface area contributed by atoms with Gasteiger partial charge in [-0.25, -0.2) is 4.98 Å². The predicted octanol–water partition coefficient (Wildman–Crippen LogP) is 1.53. The summed E-state index contributed by atoms with van der Waals surface area (Å²) >= 11 is 0. The van der Waals surface area contributed by atoms with E-state index in [0.717, 1.165) is 39.1 Å². The van der Waals surface area contributed by atoms with E-state index in [0.29, 0.717) is 30.0 Å². The molecule has 2 bridgehead atoms. The molecule has 7 nitrogen and oxygen atoms in total.